The van der Waals surface area contributed by atoms with Crippen LogP contribution in [-0.2, 0) is 13.5 Å². The van der Waals surface area contributed by atoms with Crippen LogP contribution in [0.2, 0.25) is 0 Å². The summed E-state index contributed by atoms with van der Waals surface area (Å²) in [5.41, 5.74) is 4.58. The molecule has 1 fully saturated rings. The molecule has 0 aromatic carbocycles. The predicted molar refractivity (Wildman–Crippen MR) is 82.1 cm³/mol. The number of hydrazine groups is 1. The molecule has 1 heterocycles. The average Bonchev–Trinajstić information content (AvgIpc) is 2.86. The highest BCUT2D eigenvalue weighted by Crippen LogP contribution is 2.36. The van der Waals surface area contributed by atoms with Gasteiger partial charge in [0.05, 0.1) is 0 Å². The van der Waals surface area contributed by atoms with Crippen molar-refractivity contribution in [3.8, 4) is 0 Å². The zero-order valence-electron chi connectivity index (χ0n) is 13.1. The summed E-state index contributed by atoms with van der Waals surface area (Å²) in [5, 5.41) is 4.24. The van der Waals surface area contributed by atoms with Gasteiger partial charge in [0, 0.05) is 30.5 Å². The molecule has 1 aliphatic carbocycles. The minimum atomic E-state index is 0.200. The molecule has 0 amide bonds. The Morgan fingerprint density at radius 2 is 2.10 bits per heavy atom. The Labute approximate surface area is 122 Å². The van der Waals surface area contributed by atoms with E-state index in [-0.39, 0.29) is 5.54 Å². The lowest BCUT2D eigenvalue weighted by molar-refractivity contribution is 0.0534. The third-order valence-corrected chi connectivity index (χ3v) is 5.07. The molecule has 1 aromatic rings. The van der Waals surface area contributed by atoms with E-state index in [1.807, 2.05) is 17.9 Å². The van der Waals surface area contributed by atoms with Crippen LogP contribution in [0.1, 0.15) is 44.2 Å². The number of nitrogens with one attached hydrogen (secondary N) is 1. The number of nitrogens with zero attached hydrogens (tertiary/aromatic N) is 3. The van der Waals surface area contributed by atoms with Gasteiger partial charge in [-0.15, -0.1) is 0 Å². The lowest BCUT2D eigenvalue weighted by Gasteiger charge is -2.48. The number of aryl methyl sites for hydroxylation is 2. The summed E-state index contributed by atoms with van der Waals surface area (Å²) in [6, 6.07) is 2.42. The van der Waals surface area contributed by atoms with Crippen molar-refractivity contribution in [1.82, 2.24) is 20.1 Å². The van der Waals surface area contributed by atoms with Crippen LogP contribution in [0, 0.1) is 0 Å². The number of likely N-dealkylation sites (N-methyl/N-ethyl adjacent to an activating group) is 1. The van der Waals surface area contributed by atoms with Gasteiger partial charge in [-0.05, 0) is 45.8 Å². The van der Waals surface area contributed by atoms with E-state index in [0.717, 1.165) is 12.8 Å². The van der Waals surface area contributed by atoms with Crippen LogP contribution in [-0.4, -0.2) is 40.4 Å². The van der Waals surface area contributed by atoms with Gasteiger partial charge in [-0.1, -0.05) is 19.3 Å². The van der Waals surface area contributed by atoms with E-state index in [1.54, 1.807) is 0 Å². The van der Waals surface area contributed by atoms with Gasteiger partial charge in [0.1, 0.15) is 0 Å². The molecule has 5 heteroatoms. The van der Waals surface area contributed by atoms with E-state index in [9.17, 15) is 0 Å². The normalized spacial score (nSPS) is 20.2. The molecule has 0 radical (unpaired) electrons. The second-order valence-electron chi connectivity index (χ2n) is 6.26. The van der Waals surface area contributed by atoms with Gasteiger partial charge >= 0.3 is 0 Å². The molecule has 114 valence electrons. The monoisotopic (exact) mass is 279 g/mol. The Balaban J connectivity index is 2.06. The molecule has 20 heavy (non-hydrogen) atoms. The lowest BCUT2D eigenvalue weighted by atomic mass is 9.74. The van der Waals surface area contributed by atoms with E-state index in [1.165, 1.54) is 37.8 Å². The van der Waals surface area contributed by atoms with Crippen LogP contribution in [0.15, 0.2) is 12.3 Å². The zero-order chi connectivity index (χ0) is 14.6. The Morgan fingerprint density at radius 3 is 2.60 bits per heavy atom. The Morgan fingerprint density at radius 1 is 1.40 bits per heavy atom. The number of nitrogens with two attached hydrogens (primary N) is 1. The molecule has 1 unspecified atom stereocenters. The van der Waals surface area contributed by atoms with Crippen molar-refractivity contribution in [1.29, 1.82) is 0 Å². The average molecular weight is 279 g/mol. The van der Waals surface area contributed by atoms with Crippen molar-refractivity contribution in [2.75, 3.05) is 14.1 Å². The van der Waals surface area contributed by atoms with Crippen LogP contribution >= 0.6 is 0 Å². The Hall–Kier alpha value is -0.910. The first-order valence-electron chi connectivity index (χ1n) is 7.70. The van der Waals surface area contributed by atoms with Gasteiger partial charge in [-0.3, -0.25) is 16.0 Å². The fourth-order valence-corrected chi connectivity index (χ4v) is 3.72. The minimum Gasteiger partial charge on any atom is -0.302 e. The van der Waals surface area contributed by atoms with Gasteiger partial charge in [0.15, 0.2) is 0 Å². The molecule has 3 N–H and O–H groups in total. The molecule has 0 saturated heterocycles. The van der Waals surface area contributed by atoms with Crippen molar-refractivity contribution in [3.63, 3.8) is 0 Å². The molecule has 0 spiro atoms. The maximum atomic E-state index is 5.91. The molecule has 1 atom stereocenters. The van der Waals surface area contributed by atoms with Gasteiger partial charge in [-0.2, -0.15) is 5.10 Å². The zero-order valence-corrected chi connectivity index (χ0v) is 13.1. The SMILES string of the molecule is CN(C)C1(C(CCc2ccnn2C)NN)CCCCC1. The summed E-state index contributed by atoms with van der Waals surface area (Å²) in [4.78, 5) is 2.39. The molecule has 0 aliphatic heterocycles. The fraction of sp³-hybridized carbons (Fsp3) is 0.800. The molecule has 2 rings (SSSR count). The van der Waals surface area contributed by atoms with Gasteiger partial charge in [0.25, 0.3) is 0 Å². The standard InChI is InChI=1S/C15H29N5/c1-19(2)15(10-5-4-6-11-15)14(18-16)8-7-13-9-12-17-20(13)3/h9,12,14,18H,4-8,10-11,16H2,1-3H3. The topological polar surface area (TPSA) is 59.1 Å². The first-order chi connectivity index (χ1) is 9.60. The third-order valence-electron chi connectivity index (χ3n) is 5.07. The quantitative estimate of drug-likeness (QED) is 0.611. The molecule has 0 bridgehead atoms. The second kappa shape index (κ2) is 6.70. The first kappa shape index (κ1) is 15.5. The summed E-state index contributed by atoms with van der Waals surface area (Å²) in [6.07, 6.45) is 10.4. The van der Waals surface area contributed by atoms with E-state index >= 15 is 0 Å². The van der Waals surface area contributed by atoms with Crippen molar-refractivity contribution in [2.24, 2.45) is 12.9 Å². The molecule has 1 saturated carbocycles. The van der Waals surface area contributed by atoms with E-state index in [4.69, 9.17) is 5.84 Å². The minimum absolute atomic E-state index is 0.200. The summed E-state index contributed by atoms with van der Waals surface area (Å²) in [6.45, 7) is 0. The molecular formula is C15H29N5. The summed E-state index contributed by atoms with van der Waals surface area (Å²) < 4.78 is 1.96. The van der Waals surface area contributed by atoms with Crippen LogP contribution in [0.4, 0.5) is 0 Å². The number of hydrogen-bond acceptors (Lipinski definition) is 4. The Bertz CT molecular complexity index is 406. The maximum absolute atomic E-state index is 5.91. The van der Waals surface area contributed by atoms with Crippen LogP contribution < -0.4 is 11.3 Å². The van der Waals surface area contributed by atoms with Crippen molar-refractivity contribution >= 4 is 0 Å². The second-order valence-corrected chi connectivity index (χ2v) is 6.26. The summed E-state index contributed by atoms with van der Waals surface area (Å²) in [5.74, 6) is 5.91. The third kappa shape index (κ3) is 3.05. The lowest BCUT2D eigenvalue weighted by Crippen LogP contribution is -2.61. The molecule has 1 aromatic heterocycles. The Kier molecular flexibility index (Phi) is 5.18. The molecule has 5 nitrogen and oxygen atoms in total. The van der Waals surface area contributed by atoms with Crippen LogP contribution in [0.3, 0.4) is 0 Å². The van der Waals surface area contributed by atoms with Crippen LogP contribution in [0.25, 0.3) is 0 Å². The highest BCUT2D eigenvalue weighted by molar-refractivity contribution is 5.04. The molecular weight excluding hydrogens is 250 g/mol. The van der Waals surface area contributed by atoms with E-state index in [2.05, 4.69) is 35.6 Å². The predicted octanol–water partition coefficient (Wildman–Crippen LogP) is 1.45. The van der Waals surface area contributed by atoms with Crippen molar-refractivity contribution < 1.29 is 0 Å². The highest BCUT2D eigenvalue weighted by Gasteiger charge is 2.40. The van der Waals surface area contributed by atoms with E-state index in [0.29, 0.717) is 6.04 Å². The number of rotatable bonds is 6. The molecule has 1 aliphatic rings. The van der Waals surface area contributed by atoms with Gasteiger partial charge in [0.2, 0.25) is 0 Å². The van der Waals surface area contributed by atoms with E-state index < -0.39 is 0 Å². The fourth-order valence-electron chi connectivity index (χ4n) is 3.72. The van der Waals surface area contributed by atoms with Crippen LogP contribution in [0.5, 0.6) is 0 Å². The largest absolute Gasteiger partial charge is 0.302 e. The van der Waals surface area contributed by atoms with Crippen molar-refractivity contribution in [2.45, 2.75) is 56.5 Å². The maximum Gasteiger partial charge on any atom is 0.0492 e. The summed E-state index contributed by atoms with van der Waals surface area (Å²) >= 11 is 0. The number of hydrogen-bond donors (Lipinski definition) is 2. The van der Waals surface area contributed by atoms with Gasteiger partial charge < -0.3 is 4.90 Å². The van der Waals surface area contributed by atoms with Gasteiger partial charge in [-0.25, -0.2) is 0 Å². The summed E-state index contributed by atoms with van der Waals surface area (Å²) in [7, 11) is 6.39. The highest BCUT2D eigenvalue weighted by atomic mass is 15.3. The number of aromatic nitrogens is 2. The first-order valence-corrected chi connectivity index (χ1v) is 7.70. The smallest absolute Gasteiger partial charge is 0.0492 e. The van der Waals surface area contributed by atoms with Crippen molar-refractivity contribution in [3.05, 3.63) is 18.0 Å².